The summed E-state index contributed by atoms with van der Waals surface area (Å²) < 4.78 is 0. The monoisotopic (exact) mass is 374 g/mol. The van der Waals surface area contributed by atoms with Gasteiger partial charge in [-0.05, 0) is 0 Å². The van der Waals surface area contributed by atoms with E-state index in [0.717, 1.165) is 27.7 Å². The van der Waals surface area contributed by atoms with Crippen LogP contribution in [0.3, 0.4) is 0 Å². The Hall–Kier alpha value is 0.540. The van der Waals surface area contributed by atoms with Gasteiger partial charge in [-0.1, -0.05) is 0 Å². The summed E-state index contributed by atoms with van der Waals surface area (Å²) >= 11 is 0. The second kappa shape index (κ2) is 66.5. The number of hydrogen-bond donors (Lipinski definition) is 6. The molecule has 0 aromatic rings. The van der Waals surface area contributed by atoms with Crippen LogP contribution in [-0.2, 0) is 19.2 Å². The third-order valence-electron chi connectivity index (χ3n) is 0. The van der Waals surface area contributed by atoms with E-state index in [0.29, 0.717) is 0 Å². The molecule has 0 aliphatic rings. The minimum Gasteiger partial charge on any atom is -1.00 e. The van der Waals surface area contributed by atoms with Crippen LogP contribution in [-0.4, -0.2) is 44.3 Å². The van der Waals surface area contributed by atoms with Crippen molar-refractivity contribution < 1.29 is 133 Å². The molecule has 0 unspecified atom stereocenters. The van der Waals surface area contributed by atoms with Gasteiger partial charge in [0.1, 0.15) is 0 Å². The van der Waals surface area contributed by atoms with E-state index >= 15 is 0 Å². The average Bonchev–Trinajstić information content (AvgIpc) is 2.01. The van der Waals surface area contributed by atoms with Gasteiger partial charge in [0.05, 0.1) is 0 Å². The molecule has 0 radical (unpaired) electrons. The van der Waals surface area contributed by atoms with Crippen LogP contribution in [0.15, 0.2) is 13.2 Å². The zero-order valence-corrected chi connectivity index (χ0v) is 21.3. The molecule has 130 valence electrons. The van der Waals surface area contributed by atoms with Crippen LogP contribution in [0.25, 0.3) is 0 Å². The SMILES string of the molecule is C=C.CC(=O)O.CC(=O)O.CC(=O)O.CC(=O)O.N.N.[H-].[H-].[H-].[Na+].[Na+].[Na+]. The Kier molecular flexibility index (Phi) is 189. The molecule has 10 N–H and O–H groups in total. The van der Waals surface area contributed by atoms with Crippen LogP contribution in [0.4, 0.5) is 0 Å². The van der Waals surface area contributed by atoms with Crippen LogP contribution in [0.2, 0.25) is 0 Å². The zero-order chi connectivity index (χ0) is 16.3. The van der Waals surface area contributed by atoms with Gasteiger partial charge in [0.15, 0.2) is 0 Å². The normalized spacial score (nSPS) is 4.52. The number of carbonyl (C=O) groups is 4. The average molecular weight is 374 g/mol. The van der Waals surface area contributed by atoms with Crippen molar-refractivity contribution >= 4 is 23.9 Å². The van der Waals surface area contributed by atoms with Crippen molar-refractivity contribution in [1.29, 1.82) is 0 Å². The van der Waals surface area contributed by atoms with E-state index in [4.69, 9.17) is 39.6 Å². The maximum Gasteiger partial charge on any atom is 1.00 e. The number of aliphatic carboxylic acids is 4. The predicted molar refractivity (Wildman–Crippen MR) is 77.9 cm³/mol. The van der Waals surface area contributed by atoms with E-state index in [-0.39, 0.29) is 105 Å². The standard InChI is InChI=1S/4C2H4O2.C2H4.2H3N.3Na.3H/c4*1-2(3)4;1-2;;;;;;;;/h4*1H3,(H,3,4);1-2H2;2*1H3;;;;;;/q;;;;;;;3*+1;3*-1. The van der Waals surface area contributed by atoms with Crippen molar-refractivity contribution in [3.05, 3.63) is 13.2 Å². The number of carboxylic acids is 4. The largest absolute Gasteiger partial charge is 1.00 e. The molecule has 0 aromatic heterocycles. The van der Waals surface area contributed by atoms with Crippen LogP contribution in [0, 0.1) is 0 Å². The van der Waals surface area contributed by atoms with Crippen molar-refractivity contribution in [1.82, 2.24) is 12.3 Å². The quantitative estimate of drug-likeness (QED) is 0.174. The summed E-state index contributed by atoms with van der Waals surface area (Å²) in [5.41, 5.74) is 0. The van der Waals surface area contributed by atoms with Crippen LogP contribution in [0.1, 0.15) is 32.0 Å². The smallest absolute Gasteiger partial charge is 1.00 e. The molecule has 0 spiro atoms. The Morgan fingerprint density at radius 3 is 0.565 bits per heavy atom. The summed E-state index contributed by atoms with van der Waals surface area (Å²) in [7, 11) is 0. The molecule has 0 heterocycles. The molecule has 0 bridgehead atoms. The third kappa shape index (κ3) is 32600. The molecule has 13 heteroatoms. The van der Waals surface area contributed by atoms with Gasteiger partial charge in [-0.2, -0.15) is 0 Å². The van der Waals surface area contributed by atoms with Crippen molar-refractivity contribution in [3.8, 4) is 0 Å². The summed E-state index contributed by atoms with van der Waals surface area (Å²) in [6.07, 6.45) is 0. The second-order valence-corrected chi connectivity index (χ2v) is 2.08. The Morgan fingerprint density at radius 1 is 0.565 bits per heavy atom. The fourth-order valence-electron chi connectivity index (χ4n) is 0. The summed E-state index contributed by atoms with van der Waals surface area (Å²) in [5, 5.41) is 29.7. The number of carboxylic acid groups (broad SMARTS) is 4. The van der Waals surface area contributed by atoms with Gasteiger partial charge in [-0.25, -0.2) is 0 Å². The van der Waals surface area contributed by atoms with Gasteiger partial charge < -0.3 is 37.0 Å². The van der Waals surface area contributed by atoms with Gasteiger partial charge >= 0.3 is 88.7 Å². The molecule has 0 atom stereocenters. The Morgan fingerprint density at radius 2 is 0.565 bits per heavy atom. The third-order valence-corrected chi connectivity index (χ3v) is 0. The van der Waals surface area contributed by atoms with Crippen LogP contribution in [0.5, 0.6) is 0 Å². The first-order chi connectivity index (χ1) is 7.93. The van der Waals surface area contributed by atoms with Crippen molar-refractivity contribution in [2.45, 2.75) is 27.7 Å². The molecule has 0 saturated carbocycles. The van der Waals surface area contributed by atoms with Gasteiger partial charge in [-0.15, -0.1) is 13.2 Å². The molecule has 0 aliphatic carbocycles. The molecule has 23 heavy (non-hydrogen) atoms. The summed E-state index contributed by atoms with van der Waals surface area (Å²) in [4.78, 5) is 36.0. The Bertz CT molecular complexity index is 206. The summed E-state index contributed by atoms with van der Waals surface area (Å²) in [5.74, 6) is -3.33. The predicted octanol–water partition coefficient (Wildman–Crippen LogP) is -7.16. The maximum atomic E-state index is 9.00. The summed E-state index contributed by atoms with van der Waals surface area (Å²) in [6, 6.07) is 0. The minimum absolute atomic E-state index is 0. The van der Waals surface area contributed by atoms with Crippen molar-refractivity contribution in [2.24, 2.45) is 0 Å². The Balaban J connectivity index is -0.00000000694. The fourth-order valence-corrected chi connectivity index (χ4v) is 0. The summed E-state index contributed by atoms with van der Waals surface area (Å²) in [6.45, 7) is 10.3. The molecule has 0 amide bonds. The first-order valence-corrected chi connectivity index (χ1v) is 4.21. The maximum absolute atomic E-state index is 9.00. The van der Waals surface area contributed by atoms with Gasteiger partial charge in [0, 0.05) is 27.7 Å². The van der Waals surface area contributed by atoms with Crippen molar-refractivity contribution in [3.63, 3.8) is 0 Å². The van der Waals surface area contributed by atoms with E-state index in [1.165, 1.54) is 0 Å². The van der Waals surface area contributed by atoms with E-state index in [1.807, 2.05) is 0 Å². The molecule has 0 aromatic carbocycles. The Labute approximate surface area is 207 Å². The molecule has 10 nitrogen and oxygen atoms in total. The number of hydrogen-bond acceptors (Lipinski definition) is 6. The van der Waals surface area contributed by atoms with Crippen LogP contribution < -0.4 is 101 Å². The van der Waals surface area contributed by atoms with Crippen LogP contribution >= 0.6 is 0 Å². The molecule has 0 saturated heterocycles. The minimum atomic E-state index is -0.833. The van der Waals surface area contributed by atoms with E-state index in [9.17, 15) is 0 Å². The first-order valence-electron chi connectivity index (χ1n) is 4.21. The zero-order valence-electron chi connectivity index (χ0n) is 18.3. The second-order valence-electron chi connectivity index (χ2n) is 2.08. The molecular weight excluding hydrogens is 345 g/mol. The molecular formula is C10H29N2Na3O8. The molecule has 0 fully saturated rings. The van der Waals surface area contributed by atoms with E-state index in [1.54, 1.807) is 0 Å². The topological polar surface area (TPSA) is 219 Å². The van der Waals surface area contributed by atoms with Gasteiger partial charge in [0.25, 0.3) is 23.9 Å². The molecule has 0 rings (SSSR count). The first kappa shape index (κ1) is 65.2. The van der Waals surface area contributed by atoms with Gasteiger partial charge in [-0.3, -0.25) is 19.2 Å². The van der Waals surface area contributed by atoms with Gasteiger partial charge in [0.2, 0.25) is 0 Å². The fraction of sp³-hybridized carbons (Fsp3) is 0.400. The number of rotatable bonds is 0. The van der Waals surface area contributed by atoms with E-state index < -0.39 is 23.9 Å². The van der Waals surface area contributed by atoms with Crippen molar-refractivity contribution in [2.75, 3.05) is 0 Å². The molecule has 0 aliphatic heterocycles. The van der Waals surface area contributed by atoms with E-state index in [2.05, 4.69) is 13.2 Å².